The van der Waals surface area contributed by atoms with Gasteiger partial charge in [-0.2, -0.15) is 5.26 Å². The molecule has 106 valence electrons. The summed E-state index contributed by atoms with van der Waals surface area (Å²) in [7, 11) is 3.09. The number of benzene rings is 1. The predicted octanol–water partition coefficient (Wildman–Crippen LogP) is 2.18. The Bertz CT molecular complexity index is 514. The summed E-state index contributed by atoms with van der Waals surface area (Å²) in [5.41, 5.74) is 0.664. The molecule has 0 spiro atoms. The van der Waals surface area contributed by atoms with E-state index < -0.39 is 12.1 Å². The minimum atomic E-state index is -0.659. The molecule has 0 saturated carbocycles. The van der Waals surface area contributed by atoms with Gasteiger partial charge in [-0.1, -0.05) is 12.1 Å². The van der Waals surface area contributed by atoms with Crippen LogP contribution in [0.1, 0.15) is 12.5 Å². The summed E-state index contributed by atoms with van der Waals surface area (Å²) in [5, 5.41) is 9.03. The fraction of sp³-hybridized carbons (Fsp3) is 0.333. The van der Waals surface area contributed by atoms with E-state index in [0.29, 0.717) is 5.75 Å². The lowest BCUT2D eigenvalue weighted by atomic mass is 10.1. The highest BCUT2D eigenvalue weighted by Crippen LogP contribution is 2.14. The maximum Gasteiger partial charge on any atom is 0.349 e. The van der Waals surface area contributed by atoms with Crippen molar-refractivity contribution in [1.82, 2.24) is 0 Å². The first-order valence-electron chi connectivity index (χ1n) is 6.06. The molecule has 5 heteroatoms. The van der Waals surface area contributed by atoms with Crippen LogP contribution in [0.2, 0.25) is 0 Å². The maximum absolute atomic E-state index is 11.8. The van der Waals surface area contributed by atoms with Crippen LogP contribution >= 0.6 is 0 Å². The van der Waals surface area contributed by atoms with Crippen molar-refractivity contribution in [1.29, 1.82) is 5.26 Å². The van der Waals surface area contributed by atoms with Gasteiger partial charge >= 0.3 is 5.97 Å². The highest BCUT2D eigenvalue weighted by atomic mass is 16.6. The van der Waals surface area contributed by atoms with Crippen molar-refractivity contribution >= 4 is 12.0 Å². The van der Waals surface area contributed by atoms with Crippen molar-refractivity contribution in [3.8, 4) is 11.8 Å². The molecule has 0 saturated heterocycles. The SMILES string of the molecule is COCC(C)OC(=O)/C(C#N)=C/c1ccc(OC)cc1. The van der Waals surface area contributed by atoms with Gasteiger partial charge in [-0.15, -0.1) is 0 Å². The second-order valence-electron chi connectivity index (χ2n) is 4.11. The maximum atomic E-state index is 11.8. The standard InChI is InChI=1S/C15H17NO4/c1-11(10-18-2)20-15(17)13(9-16)8-12-4-6-14(19-3)7-5-12/h4-8,11H,10H2,1-3H3/b13-8+. The molecular weight excluding hydrogens is 258 g/mol. The summed E-state index contributed by atoms with van der Waals surface area (Å²) in [4.78, 5) is 11.8. The zero-order chi connectivity index (χ0) is 15.0. The first-order valence-corrected chi connectivity index (χ1v) is 6.06. The molecule has 1 atom stereocenters. The van der Waals surface area contributed by atoms with E-state index >= 15 is 0 Å². The van der Waals surface area contributed by atoms with Crippen LogP contribution in [0.25, 0.3) is 6.08 Å². The number of carbonyl (C=O) groups is 1. The third-order valence-corrected chi connectivity index (χ3v) is 2.48. The highest BCUT2D eigenvalue weighted by Gasteiger charge is 2.14. The van der Waals surface area contributed by atoms with E-state index in [1.165, 1.54) is 13.2 Å². The summed E-state index contributed by atoms with van der Waals surface area (Å²) in [6, 6.07) is 8.84. The fourth-order valence-corrected chi connectivity index (χ4v) is 1.52. The third kappa shape index (κ3) is 4.75. The summed E-state index contributed by atoms with van der Waals surface area (Å²) >= 11 is 0. The Morgan fingerprint density at radius 1 is 1.35 bits per heavy atom. The van der Waals surface area contributed by atoms with Gasteiger partial charge in [0, 0.05) is 7.11 Å². The largest absolute Gasteiger partial charge is 0.497 e. The molecule has 0 heterocycles. The Balaban J connectivity index is 2.80. The van der Waals surface area contributed by atoms with Gasteiger partial charge in [0.15, 0.2) is 0 Å². The molecule has 0 N–H and O–H groups in total. The molecule has 1 rings (SSSR count). The van der Waals surface area contributed by atoms with E-state index in [1.807, 2.05) is 6.07 Å². The van der Waals surface area contributed by atoms with Crippen molar-refractivity contribution < 1.29 is 19.0 Å². The second-order valence-corrected chi connectivity index (χ2v) is 4.11. The monoisotopic (exact) mass is 275 g/mol. The van der Waals surface area contributed by atoms with E-state index in [0.717, 1.165) is 5.56 Å². The van der Waals surface area contributed by atoms with E-state index in [9.17, 15) is 4.79 Å². The van der Waals surface area contributed by atoms with Gasteiger partial charge in [0.2, 0.25) is 0 Å². The first kappa shape index (κ1) is 15.7. The van der Waals surface area contributed by atoms with Crippen LogP contribution in [-0.4, -0.2) is 32.9 Å². The number of rotatable bonds is 6. The van der Waals surface area contributed by atoms with Crippen molar-refractivity contribution in [2.24, 2.45) is 0 Å². The molecule has 0 aliphatic carbocycles. The normalized spacial score (nSPS) is 12.4. The predicted molar refractivity (Wildman–Crippen MR) is 74.0 cm³/mol. The van der Waals surface area contributed by atoms with Gasteiger partial charge in [-0.3, -0.25) is 0 Å². The zero-order valence-electron chi connectivity index (χ0n) is 11.8. The summed E-state index contributed by atoms with van der Waals surface area (Å²) in [6.07, 6.45) is 1.07. The lowest BCUT2D eigenvalue weighted by Gasteiger charge is -2.11. The highest BCUT2D eigenvalue weighted by molar-refractivity contribution is 5.97. The Hall–Kier alpha value is -2.32. The van der Waals surface area contributed by atoms with Crippen LogP contribution in [0.3, 0.4) is 0 Å². The second kappa shape index (κ2) is 7.97. The third-order valence-electron chi connectivity index (χ3n) is 2.48. The van der Waals surface area contributed by atoms with Crippen molar-refractivity contribution in [2.75, 3.05) is 20.8 Å². The number of methoxy groups -OCH3 is 2. The van der Waals surface area contributed by atoms with E-state index in [4.69, 9.17) is 19.5 Å². The quantitative estimate of drug-likeness (QED) is 0.452. The molecule has 0 aliphatic heterocycles. The number of nitrogens with zero attached hydrogens (tertiary/aromatic N) is 1. The van der Waals surface area contributed by atoms with Gasteiger partial charge in [-0.05, 0) is 30.7 Å². The van der Waals surface area contributed by atoms with Gasteiger partial charge < -0.3 is 14.2 Å². The van der Waals surface area contributed by atoms with Crippen molar-refractivity contribution in [2.45, 2.75) is 13.0 Å². The summed E-state index contributed by atoms with van der Waals surface area (Å²) in [6.45, 7) is 1.98. The smallest absolute Gasteiger partial charge is 0.349 e. The van der Waals surface area contributed by atoms with Crippen molar-refractivity contribution in [3.63, 3.8) is 0 Å². The molecule has 0 aromatic heterocycles. The fourth-order valence-electron chi connectivity index (χ4n) is 1.52. The Labute approximate surface area is 118 Å². The Morgan fingerprint density at radius 2 is 2.00 bits per heavy atom. The molecule has 20 heavy (non-hydrogen) atoms. The average Bonchev–Trinajstić information content (AvgIpc) is 2.45. The molecule has 1 aromatic rings. The summed E-state index contributed by atoms with van der Waals surface area (Å²) in [5.74, 6) is 0.0461. The van der Waals surface area contributed by atoms with Crippen LogP contribution in [0.15, 0.2) is 29.8 Å². The number of hydrogen-bond donors (Lipinski definition) is 0. The number of hydrogen-bond acceptors (Lipinski definition) is 5. The average molecular weight is 275 g/mol. The number of ether oxygens (including phenoxy) is 3. The molecule has 0 radical (unpaired) electrons. The van der Waals surface area contributed by atoms with Gasteiger partial charge in [0.25, 0.3) is 0 Å². The molecular formula is C15H17NO4. The number of esters is 1. The van der Waals surface area contributed by atoms with Crippen LogP contribution in [0, 0.1) is 11.3 Å². The molecule has 5 nitrogen and oxygen atoms in total. The van der Waals surface area contributed by atoms with Crippen LogP contribution in [0.4, 0.5) is 0 Å². The topological polar surface area (TPSA) is 68.5 Å². The number of nitriles is 1. The molecule has 1 aromatic carbocycles. The van der Waals surface area contributed by atoms with Gasteiger partial charge in [0.1, 0.15) is 23.5 Å². The summed E-state index contributed by atoms with van der Waals surface area (Å²) < 4.78 is 15.0. The zero-order valence-corrected chi connectivity index (χ0v) is 11.8. The Kier molecular flexibility index (Phi) is 6.27. The van der Waals surface area contributed by atoms with E-state index in [-0.39, 0.29) is 12.2 Å². The van der Waals surface area contributed by atoms with Crippen LogP contribution < -0.4 is 4.74 Å². The van der Waals surface area contributed by atoms with Gasteiger partial charge in [0.05, 0.1) is 13.7 Å². The van der Waals surface area contributed by atoms with Crippen LogP contribution in [0.5, 0.6) is 5.75 Å². The minimum Gasteiger partial charge on any atom is -0.497 e. The van der Waals surface area contributed by atoms with E-state index in [1.54, 1.807) is 38.3 Å². The molecule has 0 aliphatic rings. The van der Waals surface area contributed by atoms with Crippen molar-refractivity contribution in [3.05, 3.63) is 35.4 Å². The number of carbonyl (C=O) groups excluding carboxylic acids is 1. The van der Waals surface area contributed by atoms with E-state index in [2.05, 4.69) is 0 Å². The minimum absolute atomic E-state index is 0.0573. The lowest BCUT2D eigenvalue weighted by molar-refractivity contribution is -0.145. The molecule has 0 fully saturated rings. The lowest BCUT2D eigenvalue weighted by Crippen LogP contribution is -2.20. The first-order chi connectivity index (χ1) is 9.60. The van der Waals surface area contributed by atoms with Gasteiger partial charge in [-0.25, -0.2) is 4.79 Å². The van der Waals surface area contributed by atoms with Crippen LogP contribution in [-0.2, 0) is 14.3 Å². The molecule has 0 bridgehead atoms. The Morgan fingerprint density at radius 3 is 2.50 bits per heavy atom. The molecule has 1 unspecified atom stereocenters. The molecule has 0 amide bonds.